The van der Waals surface area contributed by atoms with Crippen molar-refractivity contribution in [3.63, 3.8) is 0 Å². The van der Waals surface area contributed by atoms with Crippen LogP contribution in [0.1, 0.15) is 17.2 Å². The Hall–Kier alpha value is -2.07. The molecule has 4 rings (SSSR count). The predicted octanol–water partition coefficient (Wildman–Crippen LogP) is -0.234. The van der Waals surface area contributed by atoms with E-state index in [1.807, 2.05) is 4.90 Å². The van der Waals surface area contributed by atoms with Crippen LogP contribution >= 0.6 is 0 Å². The molecule has 2 aliphatic heterocycles. The summed E-state index contributed by atoms with van der Waals surface area (Å²) < 4.78 is 5.04. The Morgan fingerprint density at radius 2 is 1.91 bits per heavy atom. The van der Waals surface area contributed by atoms with Gasteiger partial charge in [-0.3, -0.25) is 30.0 Å². The molecule has 1 aromatic rings. The van der Waals surface area contributed by atoms with Crippen LogP contribution in [0.15, 0.2) is 10.8 Å². The average Bonchev–Trinajstić information content (AvgIpc) is 3.12. The minimum absolute atomic E-state index is 0.130. The van der Waals surface area contributed by atoms with E-state index in [1.54, 1.807) is 19.0 Å². The Morgan fingerprint density at radius 3 is 2.57 bits per heavy atom. The molecule has 0 saturated carbocycles. The van der Waals surface area contributed by atoms with Crippen molar-refractivity contribution in [3.05, 3.63) is 37.7 Å². The van der Waals surface area contributed by atoms with Gasteiger partial charge in [-0.05, 0) is 14.1 Å². The number of nitrogens with zero attached hydrogens (tertiary/aromatic N) is 5. The van der Waals surface area contributed by atoms with Gasteiger partial charge < -0.3 is 4.52 Å². The fraction of sp³-hybridized carbons (Fsp3) is 0.769. The van der Waals surface area contributed by atoms with Gasteiger partial charge in [-0.2, -0.15) is 0 Å². The van der Waals surface area contributed by atoms with Crippen molar-refractivity contribution in [3.8, 4) is 0 Å². The highest BCUT2D eigenvalue weighted by molar-refractivity contribution is 5.40. The zero-order valence-corrected chi connectivity index (χ0v) is 12.8. The van der Waals surface area contributed by atoms with Crippen LogP contribution in [0.3, 0.4) is 0 Å². The number of fused-ring (bicyclic) bond motifs is 6. The molecule has 0 amide bonds. The maximum absolute atomic E-state index is 12.1. The van der Waals surface area contributed by atoms with E-state index in [4.69, 9.17) is 4.52 Å². The number of hydrogen-bond donors (Lipinski definition) is 0. The molecular weight excluding hydrogens is 306 g/mol. The van der Waals surface area contributed by atoms with E-state index in [0.717, 1.165) is 0 Å². The van der Waals surface area contributed by atoms with Crippen molar-refractivity contribution < 1.29 is 14.4 Å². The third-order valence-corrected chi connectivity index (χ3v) is 5.87. The van der Waals surface area contributed by atoms with Gasteiger partial charge >= 0.3 is 0 Å². The maximum Gasteiger partial charge on any atom is 0.275 e. The topological polar surface area (TPSA) is 119 Å². The van der Waals surface area contributed by atoms with Gasteiger partial charge in [0.05, 0.1) is 24.6 Å². The highest BCUT2D eigenvalue weighted by Crippen LogP contribution is 2.58. The molecule has 0 unspecified atom stereocenters. The van der Waals surface area contributed by atoms with Crippen LogP contribution < -0.4 is 0 Å². The lowest BCUT2D eigenvalue weighted by Gasteiger charge is -2.40. The fourth-order valence-electron chi connectivity index (χ4n) is 5.06. The van der Waals surface area contributed by atoms with Gasteiger partial charge in [0.15, 0.2) is 0 Å². The first-order chi connectivity index (χ1) is 10.8. The molecule has 0 N–H and O–H groups in total. The average molecular weight is 323 g/mol. The second-order valence-electron chi connectivity index (χ2n) is 7.04. The van der Waals surface area contributed by atoms with Crippen LogP contribution in [0.5, 0.6) is 0 Å². The Kier molecular flexibility index (Phi) is 2.69. The summed E-state index contributed by atoms with van der Waals surface area (Å²) in [5, 5.41) is 28.1. The van der Waals surface area contributed by atoms with Gasteiger partial charge in [-0.25, -0.2) is 0 Å². The summed E-state index contributed by atoms with van der Waals surface area (Å²) in [4.78, 5) is 27.2. The predicted molar refractivity (Wildman–Crippen MR) is 76.1 cm³/mol. The second kappa shape index (κ2) is 4.26. The van der Waals surface area contributed by atoms with E-state index in [-0.39, 0.29) is 22.9 Å². The summed E-state index contributed by atoms with van der Waals surface area (Å²) in [6.07, 6.45) is 1.31. The van der Waals surface area contributed by atoms with E-state index >= 15 is 0 Å². The lowest BCUT2D eigenvalue weighted by Crippen LogP contribution is -2.63. The molecular formula is C13H17N5O5. The monoisotopic (exact) mass is 323 g/mol. The van der Waals surface area contributed by atoms with E-state index < -0.39 is 22.9 Å². The molecule has 4 atom stereocenters. The third kappa shape index (κ3) is 1.47. The largest absolute Gasteiger partial charge is 0.364 e. The molecule has 10 heteroatoms. The fourth-order valence-corrected chi connectivity index (χ4v) is 5.06. The van der Waals surface area contributed by atoms with Crippen LogP contribution in [-0.2, 0) is 5.54 Å². The Morgan fingerprint density at radius 1 is 1.22 bits per heavy atom. The minimum Gasteiger partial charge on any atom is -0.364 e. The SMILES string of the molecule is CN1C[C@H]2c3nocc3[C@]3([N+](=O)[O-])CN(C)C[C@@H]3[C@@]2([N+](=O)[O-])C1. The first kappa shape index (κ1) is 14.5. The number of rotatable bonds is 2. The van der Waals surface area contributed by atoms with E-state index in [9.17, 15) is 20.2 Å². The van der Waals surface area contributed by atoms with Crippen molar-refractivity contribution >= 4 is 0 Å². The lowest BCUT2D eigenvalue weighted by molar-refractivity contribution is -0.634. The highest BCUT2D eigenvalue weighted by atomic mass is 16.6. The van der Waals surface area contributed by atoms with Crippen LogP contribution in [0.4, 0.5) is 0 Å². The van der Waals surface area contributed by atoms with Gasteiger partial charge in [-0.1, -0.05) is 5.16 Å². The molecule has 3 aliphatic rings. The molecule has 0 radical (unpaired) electrons. The Bertz CT molecular complexity index is 707. The summed E-state index contributed by atoms with van der Waals surface area (Å²) in [6, 6.07) is 0. The summed E-state index contributed by atoms with van der Waals surface area (Å²) in [6.45, 7) is 1.08. The quantitative estimate of drug-likeness (QED) is 0.540. The molecule has 0 spiro atoms. The van der Waals surface area contributed by atoms with Crippen LogP contribution in [0, 0.1) is 26.1 Å². The number of likely N-dealkylation sites (tertiary alicyclic amines) is 2. The molecule has 23 heavy (non-hydrogen) atoms. The molecule has 0 bridgehead atoms. The zero-order valence-electron chi connectivity index (χ0n) is 12.8. The molecule has 2 fully saturated rings. The molecule has 10 nitrogen and oxygen atoms in total. The lowest BCUT2D eigenvalue weighted by atomic mass is 9.60. The number of hydrogen-bond acceptors (Lipinski definition) is 8. The van der Waals surface area contributed by atoms with Gasteiger partial charge in [0.2, 0.25) is 0 Å². The zero-order chi connectivity index (χ0) is 16.6. The van der Waals surface area contributed by atoms with E-state index in [1.165, 1.54) is 6.26 Å². The van der Waals surface area contributed by atoms with Crippen molar-refractivity contribution in [1.82, 2.24) is 15.0 Å². The first-order valence-electron chi connectivity index (χ1n) is 7.45. The van der Waals surface area contributed by atoms with Crippen LogP contribution in [0.2, 0.25) is 0 Å². The van der Waals surface area contributed by atoms with Gasteiger partial charge in [0.25, 0.3) is 11.1 Å². The summed E-state index contributed by atoms with van der Waals surface area (Å²) in [7, 11) is 3.56. The first-order valence-corrected chi connectivity index (χ1v) is 7.45. The van der Waals surface area contributed by atoms with Crippen molar-refractivity contribution in [2.45, 2.75) is 17.0 Å². The molecule has 2 saturated heterocycles. The smallest absolute Gasteiger partial charge is 0.275 e. The van der Waals surface area contributed by atoms with Gasteiger partial charge in [0.1, 0.15) is 17.9 Å². The number of likely N-dealkylation sites (N-methyl/N-ethyl adjacent to an activating group) is 2. The van der Waals surface area contributed by atoms with Crippen molar-refractivity contribution in [2.75, 3.05) is 40.3 Å². The van der Waals surface area contributed by atoms with Gasteiger partial charge in [-0.15, -0.1) is 0 Å². The summed E-state index contributed by atoms with van der Waals surface area (Å²) in [5.74, 6) is -1.20. The maximum atomic E-state index is 12.1. The Labute approximate surface area is 131 Å². The van der Waals surface area contributed by atoms with Crippen molar-refractivity contribution in [1.29, 1.82) is 0 Å². The van der Waals surface area contributed by atoms with E-state index in [2.05, 4.69) is 5.16 Å². The second-order valence-corrected chi connectivity index (χ2v) is 7.04. The molecule has 1 aliphatic carbocycles. The molecule has 124 valence electrons. The molecule has 3 heterocycles. The highest BCUT2D eigenvalue weighted by Gasteiger charge is 2.79. The summed E-state index contributed by atoms with van der Waals surface area (Å²) >= 11 is 0. The van der Waals surface area contributed by atoms with Gasteiger partial charge in [0, 0.05) is 22.9 Å². The van der Waals surface area contributed by atoms with Crippen molar-refractivity contribution in [2.24, 2.45) is 5.92 Å². The Balaban J connectivity index is 2.04. The number of aromatic nitrogens is 1. The molecule has 0 aromatic carbocycles. The van der Waals surface area contributed by atoms with Crippen LogP contribution in [-0.4, -0.2) is 70.6 Å². The summed E-state index contributed by atoms with van der Waals surface area (Å²) in [5.41, 5.74) is -2.14. The van der Waals surface area contributed by atoms with Crippen LogP contribution in [0.25, 0.3) is 0 Å². The normalized spacial score (nSPS) is 39.7. The number of nitro groups is 2. The molecule has 1 aromatic heterocycles. The standard InChI is InChI=1S/C13H17N5O5/c1-15-3-8-11-9(5-23-14-11)13(18(21)22)7-16(2)4-10(13)12(8,6-15)17(19)20/h5,8,10H,3-4,6-7H2,1-2H3/t8-,10+,12+,13+/m0/s1. The minimum atomic E-state index is -1.53. The van der Waals surface area contributed by atoms with E-state index in [0.29, 0.717) is 24.3 Å². The third-order valence-electron chi connectivity index (χ3n) is 5.87.